The summed E-state index contributed by atoms with van der Waals surface area (Å²) in [4.78, 5) is 6.69. The van der Waals surface area contributed by atoms with Crippen molar-refractivity contribution in [2.75, 3.05) is 19.6 Å². The third kappa shape index (κ3) is 6.62. The van der Waals surface area contributed by atoms with Crippen LogP contribution in [0.2, 0.25) is 5.02 Å². The largest absolute Gasteiger partial charge is 0.573 e. The summed E-state index contributed by atoms with van der Waals surface area (Å²) in [5.41, 5.74) is 2.05. The Morgan fingerprint density at radius 3 is 2.47 bits per heavy atom. The van der Waals surface area contributed by atoms with E-state index >= 15 is 0 Å². The number of nitrogens with one attached hydrogen (secondary N) is 1. The van der Waals surface area contributed by atoms with E-state index in [4.69, 9.17) is 16.7 Å². The summed E-state index contributed by atoms with van der Waals surface area (Å²) >= 11 is 6.05. The molecule has 1 N–H and O–H groups in total. The molecular formula is C23H24ClF3N6O. The van der Waals surface area contributed by atoms with Crippen molar-refractivity contribution in [1.82, 2.24) is 15.2 Å². The number of halogens is 4. The van der Waals surface area contributed by atoms with Gasteiger partial charge in [-0.15, -0.1) is 13.2 Å². The molecule has 1 atom stereocenters. The molecule has 0 aromatic heterocycles. The Bertz CT molecular complexity index is 1060. The van der Waals surface area contributed by atoms with Crippen molar-refractivity contribution >= 4 is 29.0 Å². The average Bonchev–Trinajstić information content (AvgIpc) is 3.23. The van der Waals surface area contributed by atoms with E-state index < -0.39 is 6.36 Å². The molecule has 0 spiro atoms. The van der Waals surface area contributed by atoms with Gasteiger partial charge in [0.15, 0.2) is 6.19 Å². The first-order valence-electron chi connectivity index (χ1n) is 10.7. The highest BCUT2D eigenvalue weighted by Gasteiger charge is 2.34. The number of nitrogens with zero attached hydrogens (tertiary/aromatic N) is 5. The van der Waals surface area contributed by atoms with Gasteiger partial charge < -0.3 is 4.74 Å². The zero-order valence-electron chi connectivity index (χ0n) is 18.7. The average molecular weight is 493 g/mol. The molecule has 0 radical (unpaired) electrons. The summed E-state index contributed by atoms with van der Waals surface area (Å²) in [6, 6.07) is 12.4. The van der Waals surface area contributed by atoms with Crippen LogP contribution in [0.4, 0.5) is 18.9 Å². The second kappa shape index (κ2) is 11.2. The molecule has 1 aliphatic rings. The van der Waals surface area contributed by atoms with E-state index in [1.165, 1.54) is 12.1 Å². The Morgan fingerprint density at radius 1 is 1.24 bits per heavy atom. The van der Waals surface area contributed by atoms with Crippen LogP contribution in [-0.2, 0) is 0 Å². The second-order valence-corrected chi connectivity index (χ2v) is 7.87. The van der Waals surface area contributed by atoms with E-state index in [9.17, 15) is 18.4 Å². The molecule has 1 heterocycles. The van der Waals surface area contributed by atoms with E-state index in [0.717, 1.165) is 42.9 Å². The number of nitriles is 1. The third-order valence-corrected chi connectivity index (χ3v) is 5.36. The zero-order valence-corrected chi connectivity index (χ0v) is 19.4. The first-order valence-corrected chi connectivity index (χ1v) is 11.1. The lowest BCUT2D eigenvalue weighted by atomic mass is 10.0. The van der Waals surface area contributed by atoms with Crippen LogP contribution in [0, 0.1) is 11.5 Å². The van der Waals surface area contributed by atoms with Gasteiger partial charge in [0.25, 0.3) is 0 Å². The van der Waals surface area contributed by atoms with Crippen molar-refractivity contribution in [3.8, 4) is 11.9 Å². The molecule has 7 nitrogen and oxygen atoms in total. The quantitative estimate of drug-likeness (QED) is 0.251. The fourth-order valence-electron chi connectivity index (χ4n) is 3.65. The van der Waals surface area contributed by atoms with Gasteiger partial charge in [-0.05, 0) is 61.5 Å². The highest BCUT2D eigenvalue weighted by Crippen LogP contribution is 2.26. The monoisotopic (exact) mass is 492 g/mol. The molecule has 34 heavy (non-hydrogen) atoms. The molecule has 1 unspecified atom stereocenters. The standard InChI is InChI=1S/C23H24ClF3N6O/c1-3-13-32(4-2)20-14-33(31-21(20)16-5-7-17(24)8-6-16)22(29-15-28)30-18-9-11-19(12-10-18)34-23(25,26)27/h5-12,20H,3-4,13-14H2,1-2H3,(H,29,30). The van der Waals surface area contributed by atoms with Crippen LogP contribution in [0.25, 0.3) is 0 Å². The summed E-state index contributed by atoms with van der Waals surface area (Å²) in [6.07, 6.45) is -1.96. The Labute approximate surface area is 201 Å². The first kappa shape index (κ1) is 25.3. The van der Waals surface area contributed by atoms with Gasteiger partial charge in [-0.25, -0.2) is 10.0 Å². The van der Waals surface area contributed by atoms with Crippen LogP contribution in [0.15, 0.2) is 58.6 Å². The summed E-state index contributed by atoms with van der Waals surface area (Å²) < 4.78 is 41.1. The highest BCUT2D eigenvalue weighted by atomic mass is 35.5. The van der Waals surface area contributed by atoms with E-state index in [0.29, 0.717) is 17.3 Å². The highest BCUT2D eigenvalue weighted by molar-refractivity contribution is 6.30. The van der Waals surface area contributed by atoms with Crippen LogP contribution in [0.1, 0.15) is 25.8 Å². The Kier molecular flexibility index (Phi) is 8.36. The summed E-state index contributed by atoms with van der Waals surface area (Å²) in [5.74, 6) is -0.197. The van der Waals surface area contributed by atoms with Crippen LogP contribution in [-0.4, -0.2) is 53.6 Å². The molecule has 2 aromatic carbocycles. The molecule has 3 rings (SSSR count). The van der Waals surface area contributed by atoms with Crippen molar-refractivity contribution in [3.63, 3.8) is 0 Å². The van der Waals surface area contributed by atoms with Gasteiger partial charge in [0.1, 0.15) is 5.75 Å². The number of guanidine groups is 1. The van der Waals surface area contributed by atoms with E-state index in [1.807, 2.05) is 18.3 Å². The van der Waals surface area contributed by atoms with Gasteiger partial charge in [-0.1, -0.05) is 37.6 Å². The van der Waals surface area contributed by atoms with Gasteiger partial charge in [0.05, 0.1) is 24.0 Å². The van der Waals surface area contributed by atoms with Crippen molar-refractivity contribution in [3.05, 3.63) is 59.1 Å². The normalized spacial score (nSPS) is 16.4. The smallest absolute Gasteiger partial charge is 0.406 e. The van der Waals surface area contributed by atoms with Gasteiger partial charge in [0.2, 0.25) is 5.96 Å². The zero-order chi connectivity index (χ0) is 24.7. The maximum absolute atomic E-state index is 12.4. The Morgan fingerprint density at radius 2 is 1.91 bits per heavy atom. The molecule has 0 amide bonds. The van der Waals surface area contributed by atoms with E-state index in [1.54, 1.807) is 17.1 Å². The van der Waals surface area contributed by atoms with Crippen LogP contribution in [0.3, 0.4) is 0 Å². The lowest BCUT2D eigenvalue weighted by Gasteiger charge is -2.28. The fraction of sp³-hybridized carbons (Fsp3) is 0.348. The predicted molar refractivity (Wildman–Crippen MR) is 125 cm³/mol. The molecule has 0 saturated carbocycles. The molecule has 2 aromatic rings. The minimum Gasteiger partial charge on any atom is -0.406 e. The lowest BCUT2D eigenvalue weighted by Crippen LogP contribution is -2.45. The molecule has 0 bridgehead atoms. The minimum atomic E-state index is -4.78. The molecule has 1 aliphatic heterocycles. The third-order valence-electron chi connectivity index (χ3n) is 5.11. The number of hydrogen-bond donors (Lipinski definition) is 1. The van der Waals surface area contributed by atoms with Gasteiger partial charge in [-0.3, -0.25) is 10.2 Å². The number of aliphatic imine (C=N–C) groups is 1. The number of hydrazone groups is 1. The number of alkyl halides is 3. The number of ether oxygens (including phenoxy) is 1. The molecule has 11 heteroatoms. The van der Waals surface area contributed by atoms with Crippen LogP contribution in [0.5, 0.6) is 5.75 Å². The van der Waals surface area contributed by atoms with E-state index in [2.05, 4.69) is 33.8 Å². The van der Waals surface area contributed by atoms with Crippen LogP contribution < -0.4 is 10.1 Å². The SMILES string of the molecule is CCCN(CC)C1CN(C(=Nc2ccc(OC(F)(F)F)cc2)NC#N)N=C1c1ccc(Cl)cc1. The molecule has 0 fully saturated rings. The molecular weight excluding hydrogens is 469 g/mol. The Balaban J connectivity index is 1.93. The van der Waals surface area contributed by atoms with Crippen molar-refractivity contribution < 1.29 is 17.9 Å². The van der Waals surface area contributed by atoms with Crippen molar-refractivity contribution in [1.29, 1.82) is 5.26 Å². The molecule has 0 saturated heterocycles. The number of benzene rings is 2. The number of rotatable bonds is 7. The maximum atomic E-state index is 12.4. The Hall–Kier alpha value is -3.29. The van der Waals surface area contributed by atoms with Crippen LogP contribution >= 0.6 is 11.6 Å². The fourth-order valence-corrected chi connectivity index (χ4v) is 3.77. The second-order valence-electron chi connectivity index (χ2n) is 7.43. The van der Waals surface area contributed by atoms with E-state index in [-0.39, 0.29) is 17.8 Å². The van der Waals surface area contributed by atoms with Gasteiger partial charge in [-0.2, -0.15) is 10.4 Å². The first-order chi connectivity index (χ1) is 16.2. The number of likely N-dealkylation sites (N-methyl/N-ethyl adjacent to an activating group) is 1. The topological polar surface area (TPSA) is 76.2 Å². The van der Waals surface area contributed by atoms with Crippen molar-refractivity contribution in [2.24, 2.45) is 10.1 Å². The summed E-state index contributed by atoms with van der Waals surface area (Å²) in [6.45, 7) is 6.28. The van der Waals surface area contributed by atoms with Crippen molar-refractivity contribution in [2.45, 2.75) is 32.7 Å². The summed E-state index contributed by atoms with van der Waals surface area (Å²) in [7, 11) is 0. The predicted octanol–water partition coefficient (Wildman–Crippen LogP) is 5.12. The minimum absolute atomic E-state index is 0.0561. The summed E-state index contributed by atoms with van der Waals surface area (Å²) in [5, 5.41) is 18.8. The van der Waals surface area contributed by atoms with Gasteiger partial charge in [0, 0.05) is 5.02 Å². The molecule has 0 aliphatic carbocycles. The molecule has 180 valence electrons. The maximum Gasteiger partial charge on any atom is 0.573 e. The van der Waals surface area contributed by atoms with Gasteiger partial charge >= 0.3 is 6.36 Å². The number of hydrogen-bond acceptors (Lipinski definition) is 5. The lowest BCUT2D eigenvalue weighted by molar-refractivity contribution is -0.274.